The van der Waals surface area contributed by atoms with Gasteiger partial charge in [0.25, 0.3) is 0 Å². The van der Waals surface area contributed by atoms with E-state index in [4.69, 9.17) is 23.3 Å². The van der Waals surface area contributed by atoms with Gasteiger partial charge in [-0.2, -0.15) is 0 Å². The van der Waals surface area contributed by atoms with Crippen molar-refractivity contribution in [3.63, 3.8) is 0 Å². The van der Waals surface area contributed by atoms with Crippen LogP contribution in [0.4, 0.5) is 5.69 Å². The summed E-state index contributed by atoms with van der Waals surface area (Å²) in [5.41, 5.74) is 2.17. The standard InChI is InChI=1S/C18H21NO2.2ClH.Ti/c1-18(2,3)16-11-15(21-4)10-13(17(16)20)12-19-14-8-6-5-7-9-14;;;/h5-12,20H,1-4H3;2*1H;/q;;;+2/p-2. The van der Waals surface area contributed by atoms with E-state index < -0.39 is 17.0 Å². The Hall–Kier alpha value is -0.996. The molecule has 128 valence electrons. The van der Waals surface area contributed by atoms with E-state index in [-0.39, 0.29) is 11.2 Å². The molecule has 0 radical (unpaired) electrons. The van der Waals surface area contributed by atoms with Crippen LogP contribution in [-0.2, 0) is 22.4 Å². The van der Waals surface area contributed by atoms with E-state index >= 15 is 0 Å². The molecule has 0 aliphatic heterocycles. The van der Waals surface area contributed by atoms with E-state index in [1.807, 2.05) is 36.4 Å². The SMILES string of the molecule is COc1cc(C=Nc2ccccc2)c(O)c(C(C)(C)C)c1.[Cl][Ti][Cl]. The number of hydrogen-bond acceptors (Lipinski definition) is 3. The van der Waals surface area contributed by atoms with Crippen molar-refractivity contribution in [2.45, 2.75) is 26.2 Å². The number of aliphatic imine (C=N–C) groups is 1. The molecule has 0 aliphatic rings. The summed E-state index contributed by atoms with van der Waals surface area (Å²) in [7, 11) is 11.4. The number of ether oxygens (including phenoxy) is 1. The van der Waals surface area contributed by atoms with Crippen LogP contribution in [0, 0.1) is 0 Å². The topological polar surface area (TPSA) is 41.8 Å². The third-order valence-corrected chi connectivity index (χ3v) is 3.27. The van der Waals surface area contributed by atoms with Crippen molar-refractivity contribution in [3.8, 4) is 11.5 Å². The van der Waals surface area contributed by atoms with E-state index in [2.05, 4.69) is 25.8 Å². The zero-order valence-electron chi connectivity index (χ0n) is 14.2. The second-order valence-corrected chi connectivity index (χ2v) is 8.61. The fraction of sp³-hybridized carbons (Fsp3) is 0.278. The molecule has 0 aliphatic carbocycles. The Kier molecular flexibility index (Phi) is 8.86. The van der Waals surface area contributed by atoms with Gasteiger partial charge < -0.3 is 9.84 Å². The third kappa shape index (κ3) is 6.48. The van der Waals surface area contributed by atoms with Gasteiger partial charge in [-0.05, 0) is 29.7 Å². The summed E-state index contributed by atoms with van der Waals surface area (Å²) in [6.45, 7) is 6.17. The van der Waals surface area contributed by atoms with Crippen molar-refractivity contribution in [2.24, 2.45) is 4.99 Å². The van der Waals surface area contributed by atoms with Crippen molar-refractivity contribution in [3.05, 3.63) is 53.6 Å². The van der Waals surface area contributed by atoms with Crippen LogP contribution < -0.4 is 4.74 Å². The Morgan fingerprint density at radius 3 is 2.21 bits per heavy atom. The van der Waals surface area contributed by atoms with Gasteiger partial charge in [-0.3, -0.25) is 4.99 Å². The van der Waals surface area contributed by atoms with E-state index in [9.17, 15) is 5.11 Å². The van der Waals surface area contributed by atoms with Crippen molar-refractivity contribution in [2.75, 3.05) is 7.11 Å². The summed E-state index contributed by atoms with van der Waals surface area (Å²) in [5, 5.41) is 10.5. The molecular formula is C18H21Cl2NO2Ti. The third-order valence-electron chi connectivity index (χ3n) is 3.27. The minimum absolute atomic E-state index is 0.173. The first-order chi connectivity index (χ1) is 11.3. The Balaban J connectivity index is 0.000000891. The molecule has 0 bridgehead atoms. The Labute approximate surface area is 160 Å². The molecule has 0 saturated heterocycles. The van der Waals surface area contributed by atoms with Gasteiger partial charge >= 0.3 is 35.6 Å². The van der Waals surface area contributed by atoms with E-state index in [1.54, 1.807) is 19.4 Å². The predicted molar refractivity (Wildman–Crippen MR) is 98.8 cm³/mol. The summed E-state index contributed by atoms with van der Waals surface area (Å²) in [4.78, 5) is 4.40. The summed E-state index contributed by atoms with van der Waals surface area (Å²) >= 11 is -0.556. The number of methoxy groups -OCH3 is 1. The molecule has 0 spiro atoms. The first kappa shape index (κ1) is 21.0. The number of aromatic hydroxyl groups is 1. The number of benzene rings is 2. The summed E-state index contributed by atoms with van der Waals surface area (Å²) in [6.07, 6.45) is 1.67. The van der Waals surface area contributed by atoms with Crippen LogP contribution in [0.2, 0.25) is 0 Å². The fourth-order valence-corrected chi connectivity index (χ4v) is 2.08. The van der Waals surface area contributed by atoms with E-state index in [0.717, 1.165) is 11.3 Å². The number of phenolic OH excluding ortho intramolecular Hbond substituents is 1. The van der Waals surface area contributed by atoms with Crippen LogP contribution in [0.5, 0.6) is 11.5 Å². The molecule has 6 heteroatoms. The molecule has 2 rings (SSSR count). The second-order valence-electron chi connectivity index (χ2n) is 6.03. The number of nitrogens with zero attached hydrogens (tertiary/aromatic N) is 1. The maximum absolute atomic E-state index is 10.5. The Morgan fingerprint density at radius 2 is 1.71 bits per heavy atom. The molecule has 0 fully saturated rings. The molecule has 3 nitrogen and oxygen atoms in total. The maximum atomic E-state index is 10.5. The number of rotatable bonds is 3. The summed E-state index contributed by atoms with van der Waals surface area (Å²) in [6, 6.07) is 13.3. The van der Waals surface area contributed by atoms with Gasteiger partial charge in [-0.1, -0.05) is 39.0 Å². The summed E-state index contributed by atoms with van der Waals surface area (Å²) in [5.74, 6) is 0.968. The minimum atomic E-state index is -0.556. The normalized spacial score (nSPS) is 10.9. The number of para-hydroxylation sites is 1. The predicted octanol–water partition coefficient (Wildman–Crippen LogP) is 5.83. The quantitative estimate of drug-likeness (QED) is 0.519. The molecule has 2 aromatic rings. The molecule has 0 atom stereocenters. The van der Waals surface area contributed by atoms with Crippen LogP contribution >= 0.6 is 18.6 Å². The molecule has 0 amide bonds. The molecule has 0 aromatic heterocycles. The Morgan fingerprint density at radius 1 is 1.12 bits per heavy atom. The fourth-order valence-electron chi connectivity index (χ4n) is 2.08. The van der Waals surface area contributed by atoms with Gasteiger partial charge in [0.15, 0.2) is 0 Å². The van der Waals surface area contributed by atoms with Crippen LogP contribution in [0.1, 0.15) is 31.9 Å². The van der Waals surface area contributed by atoms with Gasteiger partial charge in [0.1, 0.15) is 11.5 Å². The zero-order valence-corrected chi connectivity index (χ0v) is 17.3. The average Bonchev–Trinajstić information content (AvgIpc) is 2.54. The van der Waals surface area contributed by atoms with Crippen LogP contribution in [0.25, 0.3) is 0 Å². The van der Waals surface area contributed by atoms with Crippen molar-refractivity contribution >= 4 is 30.5 Å². The molecule has 0 unspecified atom stereocenters. The van der Waals surface area contributed by atoms with E-state index in [1.165, 1.54) is 0 Å². The first-order valence-corrected chi connectivity index (χ1v) is 11.6. The summed E-state index contributed by atoms with van der Waals surface area (Å²) < 4.78 is 5.32. The molecule has 0 heterocycles. The van der Waals surface area contributed by atoms with Gasteiger partial charge in [-0.25, -0.2) is 0 Å². The molecule has 0 saturated carbocycles. The van der Waals surface area contributed by atoms with Crippen molar-refractivity contribution in [1.82, 2.24) is 0 Å². The molecule has 2 aromatic carbocycles. The second kappa shape index (κ2) is 10.1. The van der Waals surface area contributed by atoms with Crippen LogP contribution in [0.3, 0.4) is 0 Å². The van der Waals surface area contributed by atoms with Gasteiger partial charge in [0, 0.05) is 17.3 Å². The molecule has 24 heavy (non-hydrogen) atoms. The average molecular weight is 402 g/mol. The van der Waals surface area contributed by atoms with Gasteiger partial charge in [0.2, 0.25) is 0 Å². The van der Waals surface area contributed by atoms with Crippen LogP contribution in [-0.4, -0.2) is 18.4 Å². The zero-order chi connectivity index (χ0) is 18.2. The molecule has 1 N–H and O–H groups in total. The van der Waals surface area contributed by atoms with E-state index in [0.29, 0.717) is 11.3 Å². The molecular weight excluding hydrogens is 381 g/mol. The van der Waals surface area contributed by atoms with Crippen molar-refractivity contribution < 1.29 is 26.9 Å². The van der Waals surface area contributed by atoms with Crippen LogP contribution in [0.15, 0.2) is 47.5 Å². The number of halogens is 2. The monoisotopic (exact) mass is 401 g/mol. The van der Waals surface area contributed by atoms with Gasteiger partial charge in [0.05, 0.1) is 12.8 Å². The van der Waals surface area contributed by atoms with Crippen molar-refractivity contribution in [1.29, 1.82) is 0 Å². The Bertz CT molecular complexity index is 671. The van der Waals surface area contributed by atoms with Gasteiger partial charge in [-0.15, -0.1) is 0 Å². The number of hydrogen-bond donors (Lipinski definition) is 1. The number of phenols is 1. The first-order valence-electron chi connectivity index (χ1n) is 7.30.